The Labute approximate surface area is 448 Å². The highest BCUT2D eigenvalue weighted by Gasteiger charge is 2.42. The second kappa shape index (κ2) is 22.2. The monoisotopic (exact) mass is 1050 g/mol. The summed E-state index contributed by atoms with van der Waals surface area (Å²) in [6, 6.07) is 19.0. The van der Waals surface area contributed by atoms with Crippen LogP contribution in [0.5, 0.6) is 0 Å². The first-order valence-corrected chi connectivity index (χ1v) is 27.5. The first-order valence-electron chi connectivity index (χ1n) is 26.7. The van der Waals surface area contributed by atoms with E-state index >= 15 is 0 Å². The minimum atomic E-state index is -0.838. The lowest BCUT2D eigenvalue weighted by molar-refractivity contribution is -0.140. The number of carbonyl (C=O) groups excluding carboxylic acids is 5. The van der Waals surface area contributed by atoms with Crippen molar-refractivity contribution in [1.29, 1.82) is 5.26 Å². The van der Waals surface area contributed by atoms with Crippen LogP contribution in [0.15, 0.2) is 66.3 Å². The van der Waals surface area contributed by atoms with Crippen molar-refractivity contribution in [3.63, 3.8) is 0 Å². The predicted molar refractivity (Wildman–Crippen MR) is 292 cm³/mol. The van der Waals surface area contributed by atoms with Gasteiger partial charge in [-0.3, -0.25) is 24.0 Å². The van der Waals surface area contributed by atoms with E-state index in [9.17, 15) is 34.3 Å². The van der Waals surface area contributed by atoms with Crippen molar-refractivity contribution in [3.05, 3.63) is 117 Å². The summed E-state index contributed by atoms with van der Waals surface area (Å²) in [6.45, 7) is 16.1. The zero-order valence-electron chi connectivity index (χ0n) is 44.7. The number of nitrogens with zero attached hydrogens (tertiary/aromatic N) is 8. The molecular weight excluding hydrogens is 979 g/mol. The SMILES string of the molecule is CCCC(=O)N(CC(C)(C)CC(=O)N1C[C@H](O)C[C@H]1C(=O)NCc1ccc(-c2scnc2C)cc1)n1cc(CCCC(=O)NC2CCN(c3cc4c(cc3CC)C(=O)c3c([nH]c5cc(C#N)ccc35)C4(C)C)CC2)nn1. The number of anilines is 1. The van der Waals surface area contributed by atoms with Gasteiger partial charge in [0.2, 0.25) is 23.6 Å². The largest absolute Gasteiger partial charge is 0.391 e. The maximum absolute atomic E-state index is 14.2. The Bertz CT molecular complexity index is 3210. The Morgan fingerprint density at radius 3 is 2.50 bits per heavy atom. The van der Waals surface area contributed by atoms with Gasteiger partial charge >= 0.3 is 0 Å². The molecule has 2 atom stereocenters. The van der Waals surface area contributed by atoms with E-state index in [2.05, 4.69) is 74.8 Å². The third-order valence-corrected chi connectivity index (χ3v) is 16.4. The number of carbonyl (C=O) groups is 5. The van der Waals surface area contributed by atoms with Gasteiger partial charge in [0.1, 0.15) is 6.04 Å². The van der Waals surface area contributed by atoms with Crippen LogP contribution in [-0.4, -0.2) is 109 Å². The number of aryl methyl sites for hydroxylation is 3. The Kier molecular flexibility index (Phi) is 15.6. The molecule has 0 radical (unpaired) electrons. The minimum absolute atomic E-state index is 0.00149. The molecule has 18 heteroatoms. The molecular formula is C58H69N11O6S. The number of H-pyrrole nitrogens is 1. The Hall–Kier alpha value is -7.23. The molecule has 3 aliphatic rings. The van der Waals surface area contributed by atoms with E-state index in [1.807, 2.05) is 69.6 Å². The van der Waals surface area contributed by atoms with E-state index in [0.717, 1.165) is 93.0 Å². The van der Waals surface area contributed by atoms with E-state index in [4.69, 9.17) is 0 Å². The topological polar surface area (TPSA) is 223 Å². The van der Waals surface area contributed by atoms with Gasteiger partial charge in [0.25, 0.3) is 0 Å². The molecule has 6 aromatic rings. The fourth-order valence-corrected chi connectivity index (χ4v) is 12.1. The van der Waals surface area contributed by atoms with Crippen molar-refractivity contribution in [3.8, 4) is 16.5 Å². The fraction of sp³-hybridized carbons (Fsp3) is 0.466. The number of likely N-dealkylation sites (tertiary alicyclic amines) is 1. The van der Waals surface area contributed by atoms with Crippen LogP contribution in [0.1, 0.15) is 148 Å². The molecule has 398 valence electrons. The average Bonchev–Trinajstić information content (AvgIpc) is 4.37. The van der Waals surface area contributed by atoms with Crippen LogP contribution in [0.4, 0.5) is 5.69 Å². The number of aliphatic hydroxyl groups is 1. The molecule has 1 aliphatic carbocycles. The van der Waals surface area contributed by atoms with Crippen LogP contribution in [0, 0.1) is 23.7 Å². The van der Waals surface area contributed by atoms with Crippen LogP contribution in [0.25, 0.3) is 21.3 Å². The lowest BCUT2D eigenvalue weighted by Gasteiger charge is -2.38. The standard InChI is InChI=1S/C58H69N11O6S/c1-8-11-50(72)68(33-57(4,5)28-51(73)67-32-42(70)26-48(67)56(75)60-30-36-14-17-39(18-15-36)54-35(3)61-34-76-54)69-31-41(64-65-69)12-10-13-49(71)62-40-20-22-66(23-21-40)47-27-45-44(25-38(47)9-2)53(74)52-43-19-16-37(29-59)24-46(43)63-55(52)58(45,6)7/h14-19,24-25,27,31,34,40,42,48,63,70H,8-13,20-23,26,28,30,32-33H2,1-7H3,(H,60,75)(H,62,71)/t42-,48+/m1/s1. The molecule has 4 N–H and O–H groups in total. The van der Waals surface area contributed by atoms with Crippen LogP contribution >= 0.6 is 11.3 Å². The molecule has 0 spiro atoms. The molecule has 2 aliphatic heterocycles. The van der Waals surface area contributed by atoms with Crippen molar-refractivity contribution < 1.29 is 29.1 Å². The summed E-state index contributed by atoms with van der Waals surface area (Å²) in [4.78, 5) is 82.8. The van der Waals surface area contributed by atoms with E-state index in [-0.39, 0.29) is 74.4 Å². The number of β-amino-alcohol motifs (C(OH)–C–C–N with tert-alkyl or cyclic N) is 1. The summed E-state index contributed by atoms with van der Waals surface area (Å²) < 4.78 is 0. The first-order chi connectivity index (χ1) is 36.4. The number of benzene rings is 3. The van der Waals surface area contributed by atoms with Gasteiger partial charge in [0.15, 0.2) is 5.78 Å². The summed E-state index contributed by atoms with van der Waals surface area (Å²) in [5.41, 5.74) is 10.9. The predicted octanol–water partition coefficient (Wildman–Crippen LogP) is 7.56. The molecule has 4 amide bonds. The Morgan fingerprint density at radius 2 is 1.80 bits per heavy atom. The number of ketones is 1. The highest BCUT2D eigenvalue weighted by Crippen LogP contribution is 2.46. The smallest absolute Gasteiger partial charge is 0.243 e. The maximum atomic E-state index is 14.2. The van der Waals surface area contributed by atoms with Gasteiger partial charge in [-0.1, -0.05) is 71.9 Å². The second-order valence-electron chi connectivity index (χ2n) is 22.1. The third kappa shape index (κ3) is 11.2. The van der Waals surface area contributed by atoms with Gasteiger partial charge in [0, 0.05) is 91.2 Å². The Morgan fingerprint density at radius 1 is 1.04 bits per heavy atom. The van der Waals surface area contributed by atoms with E-state index in [1.54, 1.807) is 23.6 Å². The third-order valence-electron chi connectivity index (χ3n) is 15.4. The highest BCUT2D eigenvalue weighted by molar-refractivity contribution is 7.13. The number of amides is 4. The maximum Gasteiger partial charge on any atom is 0.243 e. The minimum Gasteiger partial charge on any atom is -0.391 e. The van der Waals surface area contributed by atoms with Gasteiger partial charge in [-0.15, -0.1) is 16.4 Å². The van der Waals surface area contributed by atoms with Crippen LogP contribution in [0.3, 0.4) is 0 Å². The molecule has 9 rings (SSSR count). The second-order valence-corrected chi connectivity index (χ2v) is 22.9. The molecule has 0 bridgehead atoms. The number of piperidine rings is 1. The van der Waals surface area contributed by atoms with E-state index in [1.165, 1.54) is 14.7 Å². The number of aromatic amines is 1. The molecule has 3 aromatic heterocycles. The van der Waals surface area contributed by atoms with Crippen LogP contribution in [-0.2, 0) is 44.0 Å². The first kappa shape index (κ1) is 53.6. The number of hydrogen-bond donors (Lipinski definition) is 4. The van der Waals surface area contributed by atoms with Crippen LogP contribution in [0.2, 0.25) is 0 Å². The molecule has 0 saturated carbocycles. The van der Waals surface area contributed by atoms with E-state index < -0.39 is 23.0 Å². The number of thiazole rings is 1. The number of aliphatic hydroxyl groups excluding tert-OH is 1. The molecule has 2 saturated heterocycles. The molecule has 17 nitrogen and oxygen atoms in total. The zero-order valence-corrected chi connectivity index (χ0v) is 45.5. The summed E-state index contributed by atoms with van der Waals surface area (Å²) >= 11 is 1.58. The number of nitrogens with one attached hydrogen (secondary N) is 3. The van der Waals surface area contributed by atoms with Crippen molar-refractivity contribution in [2.45, 2.75) is 143 Å². The van der Waals surface area contributed by atoms with Crippen molar-refractivity contribution in [2.24, 2.45) is 5.41 Å². The van der Waals surface area contributed by atoms with Crippen molar-refractivity contribution >= 4 is 57.3 Å². The summed E-state index contributed by atoms with van der Waals surface area (Å²) in [5.74, 6) is -0.830. The number of hydrogen-bond acceptors (Lipinski definition) is 12. The highest BCUT2D eigenvalue weighted by atomic mass is 32.1. The quantitative estimate of drug-likeness (QED) is 0.0658. The lowest BCUT2D eigenvalue weighted by atomic mass is 9.70. The van der Waals surface area contributed by atoms with Crippen molar-refractivity contribution in [1.82, 2.24) is 40.6 Å². The molecule has 3 aromatic carbocycles. The summed E-state index contributed by atoms with van der Waals surface area (Å²) in [7, 11) is 0. The van der Waals surface area contributed by atoms with Gasteiger partial charge < -0.3 is 30.5 Å². The number of aromatic nitrogens is 5. The average molecular weight is 1050 g/mol. The van der Waals surface area contributed by atoms with Gasteiger partial charge in [0.05, 0.1) is 57.8 Å². The van der Waals surface area contributed by atoms with Gasteiger partial charge in [-0.25, -0.2) is 9.99 Å². The molecule has 0 unspecified atom stereocenters. The normalized spacial score (nSPS) is 17.3. The van der Waals surface area contributed by atoms with E-state index in [0.29, 0.717) is 42.5 Å². The number of fused-ring (bicyclic) bond motifs is 4. The summed E-state index contributed by atoms with van der Waals surface area (Å²) in [5, 5.41) is 37.4. The van der Waals surface area contributed by atoms with Gasteiger partial charge in [-0.2, -0.15) is 10.1 Å². The van der Waals surface area contributed by atoms with Crippen molar-refractivity contribution in [2.75, 3.05) is 36.1 Å². The fourth-order valence-electron chi connectivity index (χ4n) is 11.3. The number of rotatable bonds is 18. The van der Waals surface area contributed by atoms with Crippen LogP contribution < -0.4 is 20.5 Å². The van der Waals surface area contributed by atoms with Gasteiger partial charge in [-0.05, 0) is 103 Å². The Balaban J connectivity index is 0.757. The molecule has 76 heavy (non-hydrogen) atoms. The number of nitriles is 1. The molecule has 2 fully saturated rings. The molecule has 5 heterocycles. The summed E-state index contributed by atoms with van der Waals surface area (Å²) in [6.07, 6.45) is 5.51. The zero-order chi connectivity index (χ0) is 54.1. The lowest BCUT2D eigenvalue weighted by Crippen LogP contribution is -2.50.